The molecule has 0 aliphatic heterocycles. The highest BCUT2D eigenvalue weighted by atomic mass is 79.9. The number of hydrogen-bond acceptors (Lipinski definition) is 4. The SMILES string of the molecule is O=C(CSc1ccc(Br)cc1)NCC(O)C(=O)O. The van der Waals surface area contributed by atoms with E-state index in [0.717, 1.165) is 9.37 Å². The number of aliphatic carboxylic acids is 1. The topological polar surface area (TPSA) is 86.6 Å². The summed E-state index contributed by atoms with van der Waals surface area (Å²) in [5.41, 5.74) is 0. The van der Waals surface area contributed by atoms with Crippen LogP contribution in [-0.2, 0) is 9.59 Å². The van der Waals surface area contributed by atoms with Gasteiger partial charge >= 0.3 is 5.97 Å². The average Bonchev–Trinajstić information content (AvgIpc) is 2.35. The number of rotatable bonds is 6. The maximum Gasteiger partial charge on any atom is 0.334 e. The van der Waals surface area contributed by atoms with Crippen LogP contribution in [0.2, 0.25) is 0 Å². The van der Waals surface area contributed by atoms with Gasteiger partial charge in [-0.2, -0.15) is 0 Å². The molecule has 5 nitrogen and oxygen atoms in total. The lowest BCUT2D eigenvalue weighted by Crippen LogP contribution is -2.37. The second kappa shape index (κ2) is 7.40. The van der Waals surface area contributed by atoms with Crippen molar-refractivity contribution in [2.24, 2.45) is 0 Å². The average molecular weight is 334 g/mol. The number of carbonyl (C=O) groups is 2. The van der Waals surface area contributed by atoms with Gasteiger partial charge in [-0.15, -0.1) is 11.8 Å². The summed E-state index contributed by atoms with van der Waals surface area (Å²) in [7, 11) is 0. The number of carbonyl (C=O) groups excluding carboxylic acids is 1. The maximum atomic E-state index is 11.4. The Hall–Kier alpha value is -1.05. The lowest BCUT2D eigenvalue weighted by molar-refractivity contribution is -0.146. The van der Waals surface area contributed by atoms with E-state index in [2.05, 4.69) is 21.2 Å². The molecule has 0 heterocycles. The highest BCUT2D eigenvalue weighted by molar-refractivity contribution is 9.10. The Bertz CT molecular complexity index is 424. The van der Waals surface area contributed by atoms with E-state index >= 15 is 0 Å². The van der Waals surface area contributed by atoms with Crippen LogP contribution in [0.5, 0.6) is 0 Å². The van der Waals surface area contributed by atoms with Gasteiger partial charge in [0.05, 0.1) is 12.3 Å². The molecule has 1 aromatic rings. The summed E-state index contributed by atoms with van der Waals surface area (Å²) in [5.74, 6) is -1.49. The number of nitrogens with one attached hydrogen (secondary N) is 1. The van der Waals surface area contributed by atoms with Gasteiger partial charge in [-0.25, -0.2) is 4.79 Å². The molecule has 1 unspecified atom stereocenters. The third-order valence-corrected chi connectivity index (χ3v) is 3.50. The molecular formula is C11H12BrNO4S. The number of amides is 1. The number of thioether (sulfide) groups is 1. The Kier molecular flexibility index (Phi) is 6.17. The maximum absolute atomic E-state index is 11.4. The third-order valence-electron chi connectivity index (χ3n) is 1.96. The number of hydrogen-bond donors (Lipinski definition) is 3. The molecule has 1 aromatic carbocycles. The van der Waals surface area contributed by atoms with Crippen molar-refractivity contribution >= 4 is 39.6 Å². The van der Waals surface area contributed by atoms with Gasteiger partial charge in [0.25, 0.3) is 0 Å². The molecule has 1 rings (SSSR count). The highest BCUT2D eigenvalue weighted by Crippen LogP contribution is 2.20. The first-order valence-corrected chi connectivity index (χ1v) is 6.83. The summed E-state index contributed by atoms with van der Waals surface area (Å²) < 4.78 is 0.959. The largest absolute Gasteiger partial charge is 0.479 e. The first kappa shape index (κ1) is 15.0. The van der Waals surface area contributed by atoms with Crippen LogP contribution in [-0.4, -0.2) is 40.5 Å². The number of carboxylic acids is 1. The van der Waals surface area contributed by atoms with Crippen LogP contribution in [0.3, 0.4) is 0 Å². The molecule has 0 saturated carbocycles. The molecule has 0 radical (unpaired) electrons. The van der Waals surface area contributed by atoms with Gasteiger partial charge in [-0.3, -0.25) is 4.79 Å². The molecule has 0 aliphatic rings. The highest BCUT2D eigenvalue weighted by Gasteiger charge is 2.13. The quantitative estimate of drug-likeness (QED) is 0.679. The van der Waals surface area contributed by atoms with Crippen LogP contribution in [0.1, 0.15) is 0 Å². The van der Waals surface area contributed by atoms with E-state index in [1.807, 2.05) is 24.3 Å². The van der Waals surface area contributed by atoms with Crippen molar-refractivity contribution in [2.75, 3.05) is 12.3 Å². The molecule has 7 heteroatoms. The van der Waals surface area contributed by atoms with Crippen LogP contribution < -0.4 is 5.32 Å². The molecular weight excluding hydrogens is 322 g/mol. The molecule has 0 saturated heterocycles. The Morgan fingerprint density at radius 3 is 2.50 bits per heavy atom. The summed E-state index contributed by atoms with van der Waals surface area (Å²) in [6.07, 6.45) is -1.56. The number of carboxylic acid groups (broad SMARTS) is 1. The minimum atomic E-state index is -1.56. The first-order chi connectivity index (χ1) is 8.49. The number of aliphatic hydroxyl groups is 1. The number of halogens is 1. The number of aliphatic hydroxyl groups excluding tert-OH is 1. The molecule has 0 fully saturated rings. The molecule has 1 amide bonds. The Morgan fingerprint density at radius 2 is 1.94 bits per heavy atom. The summed E-state index contributed by atoms with van der Waals surface area (Å²) in [5, 5.41) is 19.7. The van der Waals surface area contributed by atoms with E-state index in [4.69, 9.17) is 10.2 Å². The van der Waals surface area contributed by atoms with E-state index < -0.39 is 12.1 Å². The van der Waals surface area contributed by atoms with Crippen molar-refractivity contribution in [3.05, 3.63) is 28.7 Å². The Morgan fingerprint density at radius 1 is 1.33 bits per heavy atom. The second-order valence-electron chi connectivity index (χ2n) is 3.40. The monoisotopic (exact) mass is 333 g/mol. The summed E-state index contributed by atoms with van der Waals surface area (Å²) in [4.78, 5) is 22.6. The molecule has 0 spiro atoms. The van der Waals surface area contributed by atoms with Crippen molar-refractivity contribution in [2.45, 2.75) is 11.0 Å². The summed E-state index contributed by atoms with van der Waals surface area (Å²) >= 11 is 4.64. The van der Waals surface area contributed by atoms with Crippen LogP contribution in [0.25, 0.3) is 0 Å². The number of benzene rings is 1. The first-order valence-electron chi connectivity index (χ1n) is 5.05. The lowest BCUT2D eigenvalue weighted by atomic mass is 10.3. The fourth-order valence-corrected chi connectivity index (χ4v) is 2.02. The molecule has 0 bridgehead atoms. The van der Waals surface area contributed by atoms with Gasteiger partial charge in [-0.05, 0) is 24.3 Å². The van der Waals surface area contributed by atoms with E-state index in [1.165, 1.54) is 11.8 Å². The normalized spacial score (nSPS) is 11.9. The minimum Gasteiger partial charge on any atom is -0.479 e. The minimum absolute atomic E-state index is 0.175. The van der Waals surface area contributed by atoms with Crippen molar-refractivity contribution in [1.82, 2.24) is 5.32 Å². The van der Waals surface area contributed by atoms with Crippen LogP contribution in [0.4, 0.5) is 0 Å². The smallest absolute Gasteiger partial charge is 0.334 e. The van der Waals surface area contributed by atoms with Crippen molar-refractivity contribution < 1.29 is 19.8 Å². The van der Waals surface area contributed by atoms with Gasteiger partial charge in [0, 0.05) is 9.37 Å². The van der Waals surface area contributed by atoms with Crippen LogP contribution in [0, 0.1) is 0 Å². The zero-order chi connectivity index (χ0) is 13.5. The van der Waals surface area contributed by atoms with E-state index in [-0.39, 0.29) is 18.2 Å². The molecule has 0 aliphatic carbocycles. The molecule has 18 heavy (non-hydrogen) atoms. The molecule has 0 aromatic heterocycles. The standard InChI is InChI=1S/C11H12BrNO4S/c12-7-1-3-8(4-2-7)18-6-10(15)13-5-9(14)11(16)17/h1-4,9,14H,5-6H2,(H,13,15)(H,16,17). The van der Waals surface area contributed by atoms with Crippen molar-refractivity contribution in [3.8, 4) is 0 Å². The predicted octanol–water partition coefficient (Wildman–Crippen LogP) is 1.10. The summed E-state index contributed by atoms with van der Waals surface area (Å²) in [6.45, 7) is -0.283. The van der Waals surface area contributed by atoms with E-state index in [9.17, 15) is 9.59 Å². The van der Waals surface area contributed by atoms with Gasteiger partial charge in [0.1, 0.15) is 0 Å². The third kappa shape index (κ3) is 5.52. The summed E-state index contributed by atoms with van der Waals surface area (Å²) in [6, 6.07) is 7.48. The van der Waals surface area contributed by atoms with E-state index in [0.29, 0.717) is 0 Å². The van der Waals surface area contributed by atoms with E-state index in [1.54, 1.807) is 0 Å². The van der Waals surface area contributed by atoms with Crippen LogP contribution in [0.15, 0.2) is 33.6 Å². The van der Waals surface area contributed by atoms with Gasteiger partial charge < -0.3 is 15.5 Å². The molecule has 3 N–H and O–H groups in total. The fourth-order valence-electron chi connectivity index (χ4n) is 1.03. The zero-order valence-electron chi connectivity index (χ0n) is 9.30. The fraction of sp³-hybridized carbons (Fsp3) is 0.273. The van der Waals surface area contributed by atoms with Crippen LogP contribution >= 0.6 is 27.7 Å². The predicted molar refractivity (Wildman–Crippen MR) is 71.5 cm³/mol. The Balaban J connectivity index is 2.29. The zero-order valence-corrected chi connectivity index (χ0v) is 11.7. The second-order valence-corrected chi connectivity index (χ2v) is 5.37. The van der Waals surface area contributed by atoms with Gasteiger partial charge in [-0.1, -0.05) is 15.9 Å². The van der Waals surface area contributed by atoms with Crippen molar-refractivity contribution in [1.29, 1.82) is 0 Å². The molecule has 98 valence electrons. The Labute approximate surface area is 117 Å². The molecule has 1 atom stereocenters. The lowest BCUT2D eigenvalue weighted by Gasteiger charge is -2.07. The van der Waals surface area contributed by atoms with Crippen molar-refractivity contribution in [3.63, 3.8) is 0 Å². The van der Waals surface area contributed by atoms with Gasteiger partial charge in [0.15, 0.2) is 6.10 Å². The van der Waals surface area contributed by atoms with Gasteiger partial charge in [0.2, 0.25) is 5.91 Å².